The van der Waals surface area contributed by atoms with Crippen molar-refractivity contribution in [3.8, 4) is 6.07 Å². The molecule has 1 atom stereocenters. The summed E-state index contributed by atoms with van der Waals surface area (Å²) < 4.78 is 27.2. The maximum atomic E-state index is 13.6. The molecule has 3 rings (SSSR count). The molecule has 1 aromatic heterocycles. The van der Waals surface area contributed by atoms with Crippen LogP contribution in [0.1, 0.15) is 36.1 Å². The van der Waals surface area contributed by atoms with Gasteiger partial charge in [0.15, 0.2) is 0 Å². The number of rotatable bonds is 1. The first-order valence-corrected chi connectivity index (χ1v) is 6.90. The minimum atomic E-state index is -2.54. The maximum Gasteiger partial charge on any atom is 0.256 e. The fraction of sp³-hybridized carbons (Fsp3) is 0.600. The van der Waals surface area contributed by atoms with E-state index in [0.717, 1.165) is 17.7 Å². The number of pyridine rings is 1. The van der Waals surface area contributed by atoms with Crippen LogP contribution in [0.15, 0.2) is 6.07 Å². The van der Waals surface area contributed by atoms with Gasteiger partial charge in [0.05, 0.1) is 11.0 Å². The molecule has 0 radical (unpaired) electrons. The Balaban J connectivity index is 1.96. The Labute approximate surface area is 117 Å². The van der Waals surface area contributed by atoms with Crippen molar-refractivity contribution in [2.24, 2.45) is 5.41 Å². The molecule has 0 amide bonds. The fourth-order valence-electron chi connectivity index (χ4n) is 3.32. The van der Waals surface area contributed by atoms with Gasteiger partial charge in [-0.1, -0.05) is 0 Å². The predicted octanol–water partition coefficient (Wildman–Crippen LogP) is 3.20. The van der Waals surface area contributed by atoms with Gasteiger partial charge in [-0.05, 0) is 38.3 Å². The minimum absolute atomic E-state index is 0.0246. The lowest BCUT2D eigenvalue weighted by Crippen LogP contribution is -2.40. The van der Waals surface area contributed by atoms with E-state index in [-0.39, 0.29) is 6.42 Å². The summed E-state index contributed by atoms with van der Waals surface area (Å²) in [5.74, 6) is -1.97. The number of halogens is 2. The van der Waals surface area contributed by atoms with Gasteiger partial charge in [-0.25, -0.2) is 13.8 Å². The third kappa shape index (κ3) is 1.86. The molecule has 0 bridgehead atoms. The first-order valence-electron chi connectivity index (χ1n) is 6.90. The summed E-state index contributed by atoms with van der Waals surface area (Å²) in [5, 5.41) is 9.30. The fourth-order valence-corrected chi connectivity index (χ4v) is 3.32. The van der Waals surface area contributed by atoms with Crippen LogP contribution in [0.2, 0.25) is 0 Å². The van der Waals surface area contributed by atoms with Gasteiger partial charge in [0.25, 0.3) is 5.92 Å². The van der Waals surface area contributed by atoms with Crippen LogP contribution in [0.25, 0.3) is 0 Å². The summed E-state index contributed by atoms with van der Waals surface area (Å²) in [5.41, 5.74) is 1.31. The average Bonchev–Trinajstić information content (AvgIpc) is 2.88. The van der Waals surface area contributed by atoms with Crippen LogP contribution in [0, 0.1) is 30.6 Å². The highest BCUT2D eigenvalue weighted by Gasteiger charge is 2.71. The summed E-state index contributed by atoms with van der Waals surface area (Å²) in [7, 11) is 0. The second kappa shape index (κ2) is 4.15. The van der Waals surface area contributed by atoms with Crippen LogP contribution in [0.5, 0.6) is 0 Å². The number of hydrogen-bond donors (Lipinski definition) is 0. The van der Waals surface area contributed by atoms with Crippen molar-refractivity contribution in [1.29, 1.82) is 5.26 Å². The molecule has 106 valence electrons. The van der Waals surface area contributed by atoms with Gasteiger partial charge < -0.3 is 4.90 Å². The van der Waals surface area contributed by atoms with E-state index in [2.05, 4.69) is 11.1 Å². The standard InChI is InChI=1S/C15H17F2N3/c1-10-6-11(2)19-13(12(10)7-18)20-5-3-4-14(9-20)8-15(14,16)17/h6H,3-5,8-9H2,1-2H3. The van der Waals surface area contributed by atoms with Crippen molar-refractivity contribution in [2.75, 3.05) is 18.0 Å². The second-order valence-electron chi connectivity index (χ2n) is 6.08. The summed E-state index contributed by atoms with van der Waals surface area (Å²) in [6.07, 6.45) is 1.28. The summed E-state index contributed by atoms with van der Waals surface area (Å²) in [4.78, 5) is 6.31. The molecule has 0 N–H and O–H groups in total. The highest BCUT2D eigenvalue weighted by atomic mass is 19.3. The van der Waals surface area contributed by atoms with Crippen molar-refractivity contribution in [2.45, 2.75) is 39.0 Å². The number of aryl methyl sites for hydroxylation is 2. The zero-order chi connectivity index (χ0) is 14.5. The SMILES string of the molecule is Cc1cc(C)c(C#N)c(N2CCCC3(C2)CC3(F)F)n1. The van der Waals surface area contributed by atoms with E-state index in [0.29, 0.717) is 30.9 Å². The van der Waals surface area contributed by atoms with Crippen molar-refractivity contribution in [1.82, 2.24) is 4.98 Å². The highest BCUT2D eigenvalue weighted by Crippen LogP contribution is 2.64. The molecule has 1 aromatic rings. The number of nitriles is 1. The molecule has 1 saturated carbocycles. The number of hydrogen-bond acceptors (Lipinski definition) is 3. The van der Waals surface area contributed by atoms with Crippen LogP contribution < -0.4 is 4.90 Å². The summed E-state index contributed by atoms with van der Waals surface area (Å²) >= 11 is 0. The van der Waals surface area contributed by atoms with E-state index < -0.39 is 11.3 Å². The molecule has 1 aliphatic carbocycles. The summed E-state index contributed by atoms with van der Waals surface area (Å²) in [6, 6.07) is 4.02. The van der Waals surface area contributed by atoms with Crippen LogP contribution in [-0.4, -0.2) is 24.0 Å². The number of alkyl halides is 2. The van der Waals surface area contributed by atoms with E-state index in [1.54, 1.807) is 0 Å². The molecular weight excluding hydrogens is 260 g/mol. The molecule has 2 fully saturated rings. The van der Waals surface area contributed by atoms with E-state index in [1.165, 1.54) is 0 Å². The number of anilines is 1. The molecule has 1 saturated heterocycles. The molecule has 3 nitrogen and oxygen atoms in total. The van der Waals surface area contributed by atoms with Crippen LogP contribution >= 0.6 is 0 Å². The number of nitrogens with zero attached hydrogens (tertiary/aromatic N) is 3. The molecule has 2 aliphatic rings. The Kier molecular flexibility index (Phi) is 2.75. The van der Waals surface area contributed by atoms with Crippen molar-refractivity contribution in [3.05, 3.63) is 22.9 Å². The Morgan fingerprint density at radius 1 is 1.40 bits per heavy atom. The monoisotopic (exact) mass is 277 g/mol. The molecule has 5 heteroatoms. The second-order valence-corrected chi connectivity index (χ2v) is 6.08. The zero-order valence-corrected chi connectivity index (χ0v) is 11.7. The van der Waals surface area contributed by atoms with Crippen molar-refractivity contribution < 1.29 is 8.78 Å². The number of piperidine rings is 1. The lowest BCUT2D eigenvalue weighted by molar-refractivity contribution is 0.0575. The van der Waals surface area contributed by atoms with Gasteiger partial charge in [0.2, 0.25) is 0 Å². The predicted molar refractivity (Wildman–Crippen MR) is 71.9 cm³/mol. The van der Waals surface area contributed by atoms with E-state index in [9.17, 15) is 14.0 Å². The molecule has 1 aliphatic heterocycles. The third-order valence-corrected chi connectivity index (χ3v) is 4.53. The van der Waals surface area contributed by atoms with Gasteiger partial charge in [0, 0.05) is 25.2 Å². The van der Waals surface area contributed by atoms with Gasteiger partial charge >= 0.3 is 0 Å². The first-order chi connectivity index (χ1) is 9.38. The van der Waals surface area contributed by atoms with Crippen molar-refractivity contribution >= 4 is 5.82 Å². The van der Waals surface area contributed by atoms with Gasteiger partial charge in [0.1, 0.15) is 11.9 Å². The topological polar surface area (TPSA) is 39.9 Å². The lowest BCUT2D eigenvalue weighted by atomic mass is 9.93. The van der Waals surface area contributed by atoms with Gasteiger partial charge in [-0.15, -0.1) is 0 Å². The van der Waals surface area contributed by atoms with Gasteiger partial charge in [-0.3, -0.25) is 0 Å². The quantitative estimate of drug-likeness (QED) is 0.791. The minimum Gasteiger partial charge on any atom is -0.355 e. The molecule has 0 aromatic carbocycles. The normalized spacial score (nSPS) is 27.4. The van der Waals surface area contributed by atoms with E-state index in [1.807, 2.05) is 24.8 Å². The highest BCUT2D eigenvalue weighted by molar-refractivity contribution is 5.58. The lowest BCUT2D eigenvalue weighted by Gasteiger charge is -2.34. The van der Waals surface area contributed by atoms with E-state index >= 15 is 0 Å². The van der Waals surface area contributed by atoms with Crippen LogP contribution in [-0.2, 0) is 0 Å². The molecule has 1 unspecified atom stereocenters. The maximum absolute atomic E-state index is 13.6. The zero-order valence-electron chi connectivity index (χ0n) is 11.7. The van der Waals surface area contributed by atoms with Gasteiger partial charge in [-0.2, -0.15) is 5.26 Å². The Hall–Kier alpha value is -1.70. The largest absolute Gasteiger partial charge is 0.355 e. The van der Waals surface area contributed by atoms with Crippen LogP contribution in [0.3, 0.4) is 0 Å². The Morgan fingerprint density at radius 3 is 2.70 bits per heavy atom. The van der Waals surface area contributed by atoms with Crippen LogP contribution in [0.4, 0.5) is 14.6 Å². The average molecular weight is 277 g/mol. The van der Waals surface area contributed by atoms with Crippen molar-refractivity contribution in [3.63, 3.8) is 0 Å². The summed E-state index contributed by atoms with van der Waals surface area (Å²) in [6.45, 7) is 4.73. The smallest absolute Gasteiger partial charge is 0.256 e. The Morgan fingerprint density at radius 2 is 2.10 bits per heavy atom. The molecule has 20 heavy (non-hydrogen) atoms. The molecule has 2 heterocycles. The molecular formula is C15H17F2N3. The number of aromatic nitrogens is 1. The Bertz CT molecular complexity index is 606. The van der Waals surface area contributed by atoms with E-state index in [4.69, 9.17) is 0 Å². The third-order valence-electron chi connectivity index (χ3n) is 4.53. The molecule has 1 spiro atoms. The first kappa shape index (κ1) is 13.3.